The molecule has 0 unspecified atom stereocenters. The van der Waals surface area contributed by atoms with Crippen molar-refractivity contribution in [1.29, 1.82) is 0 Å². The topological polar surface area (TPSA) is 67.6 Å². The van der Waals surface area contributed by atoms with E-state index in [4.69, 9.17) is 10.5 Å². The molecule has 1 atom stereocenters. The highest BCUT2D eigenvalue weighted by Gasteiger charge is 2.15. The van der Waals surface area contributed by atoms with Crippen molar-refractivity contribution in [2.75, 3.05) is 31.6 Å². The van der Waals surface area contributed by atoms with Gasteiger partial charge in [-0.15, -0.1) is 0 Å². The van der Waals surface area contributed by atoms with E-state index < -0.39 is 6.04 Å². The van der Waals surface area contributed by atoms with Crippen LogP contribution >= 0.6 is 0 Å². The van der Waals surface area contributed by atoms with Crippen molar-refractivity contribution in [1.82, 2.24) is 4.90 Å². The number of hydrogen-bond acceptors (Lipinski definition) is 4. The van der Waals surface area contributed by atoms with Crippen molar-refractivity contribution >= 4 is 11.6 Å². The first-order valence-corrected chi connectivity index (χ1v) is 8.98. The van der Waals surface area contributed by atoms with Gasteiger partial charge in [0.2, 0.25) is 5.91 Å². The fourth-order valence-corrected chi connectivity index (χ4v) is 3.03. The number of carbonyl (C=O) groups is 1. The molecule has 1 saturated heterocycles. The second-order valence-electron chi connectivity index (χ2n) is 7.10. The smallest absolute Gasteiger partial charge is 0.241 e. The van der Waals surface area contributed by atoms with Crippen molar-refractivity contribution in [2.24, 2.45) is 11.7 Å². The molecule has 0 bridgehead atoms. The molecule has 134 valence electrons. The summed E-state index contributed by atoms with van der Waals surface area (Å²) < 4.78 is 5.88. The van der Waals surface area contributed by atoms with Crippen molar-refractivity contribution in [2.45, 2.75) is 46.1 Å². The summed E-state index contributed by atoms with van der Waals surface area (Å²) in [5.74, 6) is 1.14. The van der Waals surface area contributed by atoms with Gasteiger partial charge in [-0.05, 0) is 69.0 Å². The van der Waals surface area contributed by atoms with Gasteiger partial charge >= 0.3 is 0 Å². The van der Waals surface area contributed by atoms with Crippen molar-refractivity contribution in [3.63, 3.8) is 0 Å². The summed E-state index contributed by atoms with van der Waals surface area (Å²) in [6, 6.07) is 5.26. The second-order valence-corrected chi connectivity index (χ2v) is 7.10. The van der Waals surface area contributed by atoms with Crippen LogP contribution in [0.15, 0.2) is 18.2 Å². The Kier molecular flexibility index (Phi) is 7.06. The molecule has 0 spiro atoms. The number of aryl methyl sites for hydroxylation is 1. The summed E-state index contributed by atoms with van der Waals surface area (Å²) >= 11 is 0. The van der Waals surface area contributed by atoms with Crippen LogP contribution in [0.5, 0.6) is 5.75 Å². The number of carbonyl (C=O) groups excluding carboxylic acids is 1. The third kappa shape index (κ3) is 5.80. The lowest BCUT2D eigenvalue weighted by Crippen LogP contribution is -2.36. The summed E-state index contributed by atoms with van der Waals surface area (Å²) in [6.45, 7) is 10.2. The zero-order chi connectivity index (χ0) is 17.5. The van der Waals surface area contributed by atoms with Gasteiger partial charge in [0.1, 0.15) is 12.4 Å². The molecule has 1 heterocycles. The van der Waals surface area contributed by atoms with Crippen LogP contribution in [0.4, 0.5) is 5.69 Å². The van der Waals surface area contributed by atoms with Crippen molar-refractivity contribution in [3.05, 3.63) is 23.8 Å². The number of nitrogens with zero attached hydrogens (tertiary/aromatic N) is 1. The van der Waals surface area contributed by atoms with E-state index in [0.29, 0.717) is 18.9 Å². The number of rotatable bonds is 8. The summed E-state index contributed by atoms with van der Waals surface area (Å²) in [5, 5.41) is 2.89. The summed E-state index contributed by atoms with van der Waals surface area (Å²) in [7, 11) is 0. The molecule has 1 aliphatic rings. The zero-order valence-corrected chi connectivity index (χ0v) is 15.2. The Morgan fingerprint density at radius 1 is 1.33 bits per heavy atom. The van der Waals surface area contributed by atoms with E-state index >= 15 is 0 Å². The lowest BCUT2D eigenvalue weighted by molar-refractivity contribution is -0.117. The minimum Gasteiger partial charge on any atom is -0.492 e. The number of nitrogens with one attached hydrogen (secondary N) is 1. The van der Waals surface area contributed by atoms with Crippen LogP contribution in [-0.2, 0) is 4.79 Å². The first-order chi connectivity index (χ1) is 11.5. The Hall–Kier alpha value is -1.59. The van der Waals surface area contributed by atoms with Crippen LogP contribution in [0.25, 0.3) is 0 Å². The normalized spacial score (nSPS) is 16.4. The van der Waals surface area contributed by atoms with Crippen LogP contribution in [0.3, 0.4) is 0 Å². The van der Waals surface area contributed by atoms with Gasteiger partial charge in [0.05, 0.1) is 6.04 Å². The average Bonchev–Trinajstić information content (AvgIpc) is 3.02. The maximum absolute atomic E-state index is 12.1. The van der Waals surface area contributed by atoms with Gasteiger partial charge in [-0.25, -0.2) is 0 Å². The van der Waals surface area contributed by atoms with E-state index in [9.17, 15) is 4.79 Å². The predicted molar refractivity (Wildman–Crippen MR) is 98.4 cm³/mol. The number of likely N-dealkylation sites (tertiary alicyclic amines) is 1. The largest absolute Gasteiger partial charge is 0.492 e. The van der Waals surface area contributed by atoms with Gasteiger partial charge in [0.25, 0.3) is 0 Å². The second kappa shape index (κ2) is 9.04. The minimum absolute atomic E-state index is 0.134. The van der Waals surface area contributed by atoms with Crippen LogP contribution in [0, 0.1) is 12.8 Å². The fraction of sp³-hybridized carbons (Fsp3) is 0.632. The van der Waals surface area contributed by atoms with Crippen LogP contribution in [0.1, 0.15) is 38.7 Å². The van der Waals surface area contributed by atoms with Crippen LogP contribution < -0.4 is 15.8 Å². The highest BCUT2D eigenvalue weighted by atomic mass is 16.5. The molecule has 1 fully saturated rings. The quantitative estimate of drug-likeness (QED) is 0.768. The Labute approximate surface area is 145 Å². The fourth-order valence-electron chi connectivity index (χ4n) is 3.03. The van der Waals surface area contributed by atoms with Crippen molar-refractivity contribution < 1.29 is 9.53 Å². The number of amides is 1. The molecule has 0 aromatic heterocycles. The van der Waals surface area contributed by atoms with Gasteiger partial charge < -0.3 is 15.8 Å². The molecule has 0 radical (unpaired) electrons. The standard InChI is InChI=1S/C19H31N3O2/c1-14(2)12-17(20)19(23)21-16-6-7-18(15(3)13-16)24-11-10-22-8-4-5-9-22/h6-7,13-14,17H,4-5,8-12,20H2,1-3H3,(H,21,23)/t17-/m0/s1. The van der Waals surface area contributed by atoms with Gasteiger partial charge in [0, 0.05) is 12.2 Å². The first-order valence-electron chi connectivity index (χ1n) is 8.98. The molecular formula is C19H31N3O2. The monoisotopic (exact) mass is 333 g/mol. The first kappa shape index (κ1) is 18.7. The van der Waals surface area contributed by atoms with E-state index in [1.54, 1.807) is 0 Å². The molecule has 1 aromatic carbocycles. The molecule has 3 N–H and O–H groups in total. The van der Waals surface area contributed by atoms with Crippen LogP contribution in [-0.4, -0.2) is 43.1 Å². The molecule has 24 heavy (non-hydrogen) atoms. The Balaban J connectivity index is 1.83. The Morgan fingerprint density at radius 3 is 2.67 bits per heavy atom. The lowest BCUT2D eigenvalue weighted by atomic mass is 10.0. The number of nitrogens with two attached hydrogens (primary N) is 1. The van der Waals surface area contributed by atoms with Crippen molar-refractivity contribution in [3.8, 4) is 5.75 Å². The van der Waals surface area contributed by atoms with E-state index in [-0.39, 0.29) is 5.91 Å². The highest BCUT2D eigenvalue weighted by molar-refractivity contribution is 5.94. The van der Waals surface area contributed by atoms with Gasteiger partial charge in [-0.2, -0.15) is 0 Å². The average molecular weight is 333 g/mol. The molecule has 1 amide bonds. The molecule has 0 aliphatic carbocycles. The maximum atomic E-state index is 12.1. The zero-order valence-electron chi connectivity index (χ0n) is 15.2. The summed E-state index contributed by atoms with van der Waals surface area (Å²) in [5.41, 5.74) is 7.71. The minimum atomic E-state index is -0.471. The molecule has 2 rings (SSSR count). The third-order valence-electron chi connectivity index (χ3n) is 4.37. The molecule has 1 aliphatic heterocycles. The van der Waals surface area contributed by atoms with E-state index in [2.05, 4.69) is 24.1 Å². The molecule has 5 nitrogen and oxygen atoms in total. The Bertz CT molecular complexity index is 539. The van der Waals surface area contributed by atoms with Gasteiger partial charge in [-0.3, -0.25) is 9.69 Å². The number of hydrogen-bond donors (Lipinski definition) is 2. The lowest BCUT2D eigenvalue weighted by Gasteiger charge is -2.17. The summed E-state index contributed by atoms with van der Waals surface area (Å²) in [4.78, 5) is 14.5. The third-order valence-corrected chi connectivity index (χ3v) is 4.37. The molecule has 1 aromatic rings. The van der Waals surface area contributed by atoms with Crippen LogP contribution in [0.2, 0.25) is 0 Å². The molecule has 0 saturated carbocycles. The van der Waals surface area contributed by atoms with E-state index in [1.807, 2.05) is 25.1 Å². The molecule has 5 heteroatoms. The maximum Gasteiger partial charge on any atom is 0.241 e. The van der Waals surface area contributed by atoms with E-state index in [1.165, 1.54) is 25.9 Å². The highest BCUT2D eigenvalue weighted by Crippen LogP contribution is 2.22. The van der Waals surface area contributed by atoms with Gasteiger partial charge in [0.15, 0.2) is 0 Å². The molecular weight excluding hydrogens is 302 g/mol. The Morgan fingerprint density at radius 2 is 2.04 bits per heavy atom. The SMILES string of the molecule is Cc1cc(NC(=O)[C@@H](N)CC(C)C)ccc1OCCN1CCCC1. The van der Waals surface area contributed by atoms with Gasteiger partial charge in [-0.1, -0.05) is 13.8 Å². The number of ether oxygens (including phenoxy) is 1. The summed E-state index contributed by atoms with van der Waals surface area (Å²) in [6.07, 6.45) is 3.28. The number of anilines is 1. The number of benzene rings is 1. The predicted octanol–water partition coefficient (Wildman–Crippen LogP) is 2.78. The van der Waals surface area contributed by atoms with E-state index in [0.717, 1.165) is 23.5 Å².